The fourth-order valence-electron chi connectivity index (χ4n) is 2.57. The van der Waals surface area contributed by atoms with Crippen LogP contribution in [0.1, 0.15) is 26.6 Å². The average molecular weight is 424 g/mol. The Morgan fingerprint density at radius 1 is 1.26 bits per heavy atom. The Labute approximate surface area is 169 Å². The second kappa shape index (κ2) is 7.67. The van der Waals surface area contributed by atoms with Crippen LogP contribution in [-0.4, -0.2) is 26.6 Å². The first-order valence-corrected chi connectivity index (χ1v) is 9.39. The van der Waals surface area contributed by atoms with Crippen LogP contribution in [0.2, 0.25) is 10.0 Å². The summed E-state index contributed by atoms with van der Waals surface area (Å²) in [4.78, 5) is 27.7. The van der Waals surface area contributed by atoms with Gasteiger partial charge in [0.25, 0.3) is 5.91 Å². The van der Waals surface area contributed by atoms with E-state index in [0.717, 1.165) is 34.0 Å². The van der Waals surface area contributed by atoms with Gasteiger partial charge in [0.1, 0.15) is 4.88 Å². The molecule has 3 aromatic rings. The number of anilines is 1. The number of nitrogens with one attached hydrogen (secondary N) is 1. The van der Waals surface area contributed by atoms with E-state index in [4.69, 9.17) is 28.9 Å². The predicted octanol–water partition coefficient (Wildman–Crippen LogP) is 3.53. The highest BCUT2D eigenvalue weighted by Gasteiger charge is 2.17. The molecule has 2 aromatic heterocycles. The van der Waals surface area contributed by atoms with Crippen molar-refractivity contribution in [2.75, 3.05) is 5.32 Å². The van der Waals surface area contributed by atoms with Gasteiger partial charge in [0.05, 0.1) is 34.0 Å². The fraction of sp³-hybridized carbons (Fsp3) is 0.176. The highest BCUT2D eigenvalue weighted by Crippen LogP contribution is 2.26. The Kier molecular flexibility index (Phi) is 5.50. The maximum Gasteiger partial charge on any atom is 0.260 e. The SMILES string of the molecule is Cc1nn(-c2ccc(Cl)c(Cl)c2)c(C)c1CC(=O)Nc1ncc(C(N)=O)s1. The van der Waals surface area contributed by atoms with Gasteiger partial charge < -0.3 is 11.1 Å². The van der Waals surface area contributed by atoms with Crippen LogP contribution in [0.4, 0.5) is 5.13 Å². The number of aryl methyl sites for hydroxylation is 1. The summed E-state index contributed by atoms with van der Waals surface area (Å²) in [6.07, 6.45) is 1.45. The topological polar surface area (TPSA) is 103 Å². The Morgan fingerprint density at radius 2 is 2.00 bits per heavy atom. The van der Waals surface area contributed by atoms with Gasteiger partial charge in [-0.05, 0) is 32.0 Å². The number of nitrogens with two attached hydrogens (primary N) is 1. The van der Waals surface area contributed by atoms with Gasteiger partial charge in [0.2, 0.25) is 5.91 Å². The van der Waals surface area contributed by atoms with E-state index in [1.807, 2.05) is 13.8 Å². The van der Waals surface area contributed by atoms with E-state index in [1.165, 1.54) is 6.20 Å². The monoisotopic (exact) mass is 423 g/mol. The van der Waals surface area contributed by atoms with E-state index in [0.29, 0.717) is 15.2 Å². The predicted molar refractivity (Wildman–Crippen MR) is 106 cm³/mol. The minimum absolute atomic E-state index is 0.116. The molecule has 2 amide bonds. The summed E-state index contributed by atoms with van der Waals surface area (Å²) in [5.41, 5.74) is 8.28. The molecule has 2 heterocycles. The standard InChI is InChI=1S/C17H15Cl2N5O2S/c1-8-11(6-15(25)22-17-21-7-14(27-17)16(20)26)9(2)24(23-8)10-3-4-12(18)13(19)5-10/h3-5,7H,6H2,1-2H3,(H2,20,26)(H,21,22,25). The zero-order chi connectivity index (χ0) is 19.7. The molecule has 0 aliphatic rings. The van der Waals surface area contributed by atoms with Crippen molar-refractivity contribution in [1.82, 2.24) is 14.8 Å². The van der Waals surface area contributed by atoms with E-state index in [9.17, 15) is 9.59 Å². The molecular weight excluding hydrogens is 409 g/mol. The number of hydrogen-bond acceptors (Lipinski definition) is 5. The van der Waals surface area contributed by atoms with Crippen molar-refractivity contribution in [3.05, 3.63) is 56.3 Å². The normalized spacial score (nSPS) is 10.8. The lowest BCUT2D eigenvalue weighted by atomic mass is 10.1. The zero-order valence-electron chi connectivity index (χ0n) is 14.4. The Hall–Kier alpha value is -2.42. The lowest BCUT2D eigenvalue weighted by Crippen LogP contribution is -2.15. The van der Waals surface area contributed by atoms with Crippen molar-refractivity contribution in [3.8, 4) is 5.69 Å². The van der Waals surface area contributed by atoms with Crippen molar-refractivity contribution in [2.24, 2.45) is 5.73 Å². The lowest BCUT2D eigenvalue weighted by Gasteiger charge is -2.07. The van der Waals surface area contributed by atoms with Crippen molar-refractivity contribution >= 4 is 51.5 Å². The van der Waals surface area contributed by atoms with Gasteiger partial charge in [-0.15, -0.1) is 0 Å². The molecule has 7 nitrogen and oxygen atoms in total. The highest BCUT2D eigenvalue weighted by molar-refractivity contribution is 7.17. The number of amides is 2. The molecule has 0 radical (unpaired) electrons. The van der Waals surface area contributed by atoms with Crippen LogP contribution in [0.25, 0.3) is 5.69 Å². The second-order valence-electron chi connectivity index (χ2n) is 5.78. The van der Waals surface area contributed by atoms with Crippen LogP contribution < -0.4 is 11.1 Å². The Bertz CT molecular complexity index is 1040. The first-order chi connectivity index (χ1) is 12.8. The summed E-state index contributed by atoms with van der Waals surface area (Å²) < 4.78 is 1.72. The molecule has 0 saturated carbocycles. The van der Waals surface area contributed by atoms with Crippen molar-refractivity contribution in [2.45, 2.75) is 20.3 Å². The third kappa shape index (κ3) is 4.13. The smallest absolute Gasteiger partial charge is 0.260 e. The van der Waals surface area contributed by atoms with Gasteiger partial charge >= 0.3 is 0 Å². The lowest BCUT2D eigenvalue weighted by molar-refractivity contribution is -0.115. The number of aromatic nitrogens is 3. The second-order valence-corrected chi connectivity index (χ2v) is 7.62. The Balaban J connectivity index is 1.80. The highest BCUT2D eigenvalue weighted by atomic mass is 35.5. The average Bonchev–Trinajstić information content (AvgIpc) is 3.17. The summed E-state index contributed by atoms with van der Waals surface area (Å²) >= 11 is 13.1. The molecule has 0 atom stereocenters. The van der Waals surface area contributed by atoms with E-state index in [2.05, 4.69) is 15.4 Å². The zero-order valence-corrected chi connectivity index (χ0v) is 16.7. The van der Waals surface area contributed by atoms with E-state index >= 15 is 0 Å². The maximum absolute atomic E-state index is 12.4. The van der Waals surface area contributed by atoms with Crippen LogP contribution in [0.15, 0.2) is 24.4 Å². The minimum Gasteiger partial charge on any atom is -0.365 e. The number of benzene rings is 1. The molecule has 0 aliphatic heterocycles. The summed E-state index contributed by atoms with van der Waals surface area (Å²) in [5.74, 6) is -0.845. The summed E-state index contributed by atoms with van der Waals surface area (Å²) in [6.45, 7) is 3.71. The number of halogens is 2. The van der Waals surface area contributed by atoms with Crippen LogP contribution in [0, 0.1) is 13.8 Å². The van der Waals surface area contributed by atoms with E-state index < -0.39 is 5.91 Å². The van der Waals surface area contributed by atoms with Crippen LogP contribution in [-0.2, 0) is 11.2 Å². The van der Waals surface area contributed by atoms with E-state index in [-0.39, 0.29) is 17.2 Å². The molecule has 3 N–H and O–H groups in total. The van der Waals surface area contributed by atoms with Crippen LogP contribution in [0.3, 0.4) is 0 Å². The third-order valence-electron chi connectivity index (χ3n) is 3.92. The van der Waals surface area contributed by atoms with Crippen LogP contribution >= 0.6 is 34.5 Å². The molecule has 10 heteroatoms. The van der Waals surface area contributed by atoms with Crippen molar-refractivity contribution in [3.63, 3.8) is 0 Å². The third-order valence-corrected chi connectivity index (χ3v) is 5.59. The van der Waals surface area contributed by atoms with Gasteiger partial charge in [0.15, 0.2) is 5.13 Å². The molecule has 0 spiro atoms. The molecule has 3 rings (SSSR count). The number of primary amides is 1. The molecule has 0 bridgehead atoms. The molecule has 0 aliphatic carbocycles. The van der Waals surface area contributed by atoms with Crippen LogP contribution in [0.5, 0.6) is 0 Å². The molecule has 0 saturated heterocycles. The number of carbonyl (C=O) groups is 2. The van der Waals surface area contributed by atoms with Crippen molar-refractivity contribution in [1.29, 1.82) is 0 Å². The summed E-state index contributed by atoms with van der Waals surface area (Å²) in [6, 6.07) is 5.22. The first kappa shape index (κ1) is 19.3. The number of nitrogens with zero attached hydrogens (tertiary/aromatic N) is 3. The van der Waals surface area contributed by atoms with E-state index in [1.54, 1.807) is 22.9 Å². The fourth-order valence-corrected chi connectivity index (χ4v) is 3.55. The van der Waals surface area contributed by atoms with Gasteiger partial charge in [-0.25, -0.2) is 9.67 Å². The molecule has 27 heavy (non-hydrogen) atoms. The number of carbonyl (C=O) groups excluding carboxylic acids is 2. The Morgan fingerprint density at radius 3 is 2.63 bits per heavy atom. The number of rotatable bonds is 5. The van der Waals surface area contributed by atoms with Gasteiger partial charge in [-0.3, -0.25) is 9.59 Å². The summed E-state index contributed by atoms with van der Waals surface area (Å²) in [7, 11) is 0. The number of thiazole rings is 1. The molecule has 0 fully saturated rings. The quantitative estimate of drug-likeness (QED) is 0.654. The molecular formula is C17H15Cl2N5O2S. The van der Waals surface area contributed by atoms with Gasteiger partial charge in [-0.1, -0.05) is 34.5 Å². The minimum atomic E-state index is -0.581. The maximum atomic E-state index is 12.4. The van der Waals surface area contributed by atoms with Gasteiger partial charge in [0, 0.05) is 11.3 Å². The molecule has 1 aromatic carbocycles. The first-order valence-electron chi connectivity index (χ1n) is 7.82. The van der Waals surface area contributed by atoms with Crippen molar-refractivity contribution < 1.29 is 9.59 Å². The summed E-state index contributed by atoms with van der Waals surface area (Å²) in [5, 5.41) is 8.38. The molecule has 0 unspecified atom stereocenters. The molecule has 140 valence electrons. The largest absolute Gasteiger partial charge is 0.365 e. The van der Waals surface area contributed by atoms with Gasteiger partial charge in [-0.2, -0.15) is 5.10 Å². The number of hydrogen-bond donors (Lipinski definition) is 2.